The third kappa shape index (κ3) is 3.62. The monoisotopic (exact) mass is 290 g/mol. The number of hydrogen-bond acceptors (Lipinski definition) is 3. The van der Waals surface area contributed by atoms with Gasteiger partial charge in [0, 0.05) is 6.54 Å². The van der Waals surface area contributed by atoms with Crippen LogP contribution in [0.5, 0.6) is 0 Å². The van der Waals surface area contributed by atoms with Crippen LogP contribution < -0.4 is 11.1 Å². The molecule has 0 aliphatic heterocycles. The molecule has 1 heterocycles. The summed E-state index contributed by atoms with van der Waals surface area (Å²) in [5.41, 5.74) is 7.59. The molecule has 5 heteroatoms. The van der Waals surface area contributed by atoms with Crippen LogP contribution in [0.1, 0.15) is 17.0 Å². The number of hydrogen-bond donors (Lipinski definition) is 2. The van der Waals surface area contributed by atoms with Crippen molar-refractivity contribution in [1.29, 1.82) is 0 Å². The van der Waals surface area contributed by atoms with Gasteiger partial charge in [-0.25, -0.2) is 0 Å². The molecule has 0 radical (unpaired) electrons. The first-order valence-corrected chi connectivity index (χ1v) is 7.16. The summed E-state index contributed by atoms with van der Waals surface area (Å²) in [6.07, 6.45) is 0. The smallest absolute Gasteiger partial charge is 0.234 e. The molecular formula is C14H14N2OS2. The van der Waals surface area contributed by atoms with Gasteiger partial charge in [-0.1, -0.05) is 42.5 Å². The minimum atomic E-state index is -0.574. The van der Waals surface area contributed by atoms with Crippen molar-refractivity contribution < 1.29 is 4.79 Å². The van der Waals surface area contributed by atoms with Crippen molar-refractivity contribution in [2.75, 3.05) is 0 Å². The number of carbonyl (C=O) groups is 1. The van der Waals surface area contributed by atoms with Crippen molar-refractivity contribution >= 4 is 34.5 Å². The summed E-state index contributed by atoms with van der Waals surface area (Å²) in [6, 6.07) is 11.3. The van der Waals surface area contributed by atoms with Crippen LogP contribution in [0.3, 0.4) is 0 Å². The van der Waals surface area contributed by atoms with Crippen molar-refractivity contribution in [3.8, 4) is 0 Å². The molecule has 98 valence electrons. The molecule has 0 aliphatic rings. The van der Waals surface area contributed by atoms with E-state index >= 15 is 0 Å². The molecule has 0 bridgehead atoms. The van der Waals surface area contributed by atoms with E-state index in [0.717, 1.165) is 11.1 Å². The van der Waals surface area contributed by atoms with Crippen molar-refractivity contribution in [2.24, 2.45) is 5.73 Å². The molecule has 0 aliphatic carbocycles. The molecule has 3 nitrogen and oxygen atoms in total. The summed E-state index contributed by atoms with van der Waals surface area (Å²) in [5.74, 6) is -0.736. The van der Waals surface area contributed by atoms with Crippen LogP contribution in [0.25, 0.3) is 0 Å². The summed E-state index contributed by atoms with van der Waals surface area (Å²) in [6.45, 7) is 0.494. The van der Waals surface area contributed by atoms with E-state index in [-0.39, 0.29) is 10.9 Å². The lowest BCUT2D eigenvalue weighted by Crippen LogP contribution is -2.35. The zero-order valence-electron chi connectivity index (χ0n) is 10.2. The van der Waals surface area contributed by atoms with Crippen LogP contribution in [0, 0.1) is 0 Å². The molecule has 0 saturated carbocycles. The molecule has 0 fully saturated rings. The fourth-order valence-electron chi connectivity index (χ4n) is 1.77. The lowest BCUT2D eigenvalue weighted by Gasteiger charge is -2.15. The standard InChI is InChI=1S/C14H14N2OS2/c15-13(18)12(11-4-2-1-3-5-11)14(17)16-8-10-6-7-19-9-10/h1-7,9,12H,8H2,(H2,15,18)(H,16,17). The van der Waals surface area contributed by atoms with Gasteiger partial charge in [-0.15, -0.1) is 0 Å². The normalized spacial score (nSPS) is 11.8. The molecule has 2 rings (SSSR count). The highest BCUT2D eigenvalue weighted by Gasteiger charge is 2.22. The fraction of sp³-hybridized carbons (Fsp3) is 0.143. The van der Waals surface area contributed by atoms with Gasteiger partial charge < -0.3 is 11.1 Å². The number of benzene rings is 1. The average molecular weight is 290 g/mol. The van der Waals surface area contributed by atoms with Crippen LogP contribution in [-0.2, 0) is 11.3 Å². The molecule has 1 unspecified atom stereocenters. The molecule has 1 atom stereocenters. The predicted molar refractivity (Wildman–Crippen MR) is 82.1 cm³/mol. The Bertz CT molecular complexity index is 552. The zero-order chi connectivity index (χ0) is 13.7. The Labute approximate surface area is 121 Å². The number of rotatable bonds is 5. The first-order chi connectivity index (χ1) is 9.18. The number of thiophene rings is 1. The molecule has 1 aromatic heterocycles. The second-order valence-corrected chi connectivity index (χ2v) is 5.35. The Morgan fingerprint density at radius 2 is 2.05 bits per heavy atom. The van der Waals surface area contributed by atoms with E-state index in [0.29, 0.717) is 6.54 Å². The van der Waals surface area contributed by atoms with Crippen LogP contribution in [0.2, 0.25) is 0 Å². The van der Waals surface area contributed by atoms with Gasteiger partial charge in [0.15, 0.2) is 0 Å². The maximum Gasteiger partial charge on any atom is 0.234 e. The maximum absolute atomic E-state index is 12.2. The van der Waals surface area contributed by atoms with Gasteiger partial charge in [0.05, 0.1) is 4.99 Å². The molecule has 0 spiro atoms. The average Bonchev–Trinajstić information content (AvgIpc) is 2.90. The predicted octanol–water partition coefficient (Wildman–Crippen LogP) is 2.43. The number of nitrogens with one attached hydrogen (secondary N) is 1. The van der Waals surface area contributed by atoms with Gasteiger partial charge in [0.25, 0.3) is 0 Å². The van der Waals surface area contributed by atoms with Crippen molar-refractivity contribution in [3.05, 3.63) is 58.3 Å². The van der Waals surface area contributed by atoms with E-state index in [9.17, 15) is 4.79 Å². The van der Waals surface area contributed by atoms with Gasteiger partial charge in [0.1, 0.15) is 5.92 Å². The number of carbonyl (C=O) groups excluding carboxylic acids is 1. The van der Waals surface area contributed by atoms with Crippen molar-refractivity contribution in [3.63, 3.8) is 0 Å². The lowest BCUT2D eigenvalue weighted by atomic mass is 9.98. The summed E-state index contributed by atoms with van der Waals surface area (Å²) in [7, 11) is 0. The van der Waals surface area contributed by atoms with E-state index in [1.165, 1.54) is 0 Å². The van der Waals surface area contributed by atoms with E-state index in [2.05, 4.69) is 5.32 Å². The molecular weight excluding hydrogens is 276 g/mol. The highest BCUT2D eigenvalue weighted by molar-refractivity contribution is 7.80. The largest absolute Gasteiger partial charge is 0.392 e. The third-order valence-corrected chi connectivity index (χ3v) is 3.69. The van der Waals surface area contributed by atoms with E-state index in [1.54, 1.807) is 11.3 Å². The summed E-state index contributed by atoms with van der Waals surface area (Å²) >= 11 is 6.61. The van der Waals surface area contributed by atoms with Gasteiger partial charge in [-0.05, 0) is 28.0 Å². The Morgan fingerprint density at radius 3 is 2.63 bits per heavy atom. The second-order valence-electron chi connectivity index (χ2n) is 4.10. The van der Waals surface area contributed by atoms with Crippen LogP contribution >= 0.6 is 23.6 Å². The Morgan fingerprint density at radius 1 is 1.32 bits per heavy atom. The van der Waals surface area contributed by atoms with E-state index < -0.39 is 5.92 Å². The van der Waals surface area contributed by atoms with Crippen LogP contribution in [-0.4, -0.2) is 10.9 Å². The van der Waals surface area contributed by atoms with Gasteiger partial charge in [0.2, 0.25) is 5.91 Å². The number of thiocarbonyl (C=S) groups is 1. The van der Waals surface area contributed by atoms with E-state index in [1.807, 2.05) is 47.2 Å². The van der Waals surface area contributed by atoms with Crippen molar-refractivity contribution in [1.82, 2.24) is 5.32 Å². The summed E-state index contributed by atoms with van der Waals surface area (Å²) in [5, 5.41) is 6.84. The number of nitrogens with two attached hydrogens (primary N) is 1. The minimum absolute atomic E-state index is 0.162. The first-order valence-electron chi connectivity index (χ1n) is 5.81. The first kappa shape index (κ1) is 13.7. The van der Waals surface area contributed by atoms with Gasteiger partial charge in [-0.3, -0.25) is 4.79 Å². The topological polar surface area (TPSA) is 55.1 Å². The quantitative estimate of drug-likeness (QED) is 0.832. The number of amides is 1. The molecule has 1 aromatic carbocycles. The summed E-state index contributed by atoms with van der Waals surface area (Å²) < 4.78 is 0. The Kier molecular flexibility index (Phi) is 4.65. The highest BCUT2D eigenvalue weighted by Crippen LogP contribution is 2.16. The Balaban J connectivity index is 2.07. The van der Waals surface area contributed by atoms with Crippen LogP contribution in [0.4, 0.5) is 0 Å². The zero-order valence-corrected chi connectivity index (χ0v) is 11.8. The summed E-state index contributed by atoms with van der Waals surface area (Å²) in [4.78, 5) is 12.4. The molecule has 2 aromatic rings. The molecule has 3 N–H and O–H groups in total. The van der Waals surface area contributed by atoms with Gasteiger partial charge in [-0.2, -0.15) is 11.3 Å². The lowest BCUT2D eigenvalue weighted by molar-refractivity contribution is -0.121. The van der Waals surface area contributed by atoms with E-state index in [4.69, 9.17) is 18.0 Å². The fourth-order valence-corrected chi connectivity index (χ4v) is 2.69. The van der Waals surface area contributed by atoms with Gasteiger partial charge >= 0.3 is 0 Å². The SMILES string of the molecule is NC(=S)C(C(=O)NCc1ccsc1)c1ccccc1. The maximum atomic E-state index is 12.2. The minimum Gasteiger partial charge on any atom is -0.392 e. The Hall–Kier alpha value is -1.72. The highest BCUT2D eigenvalue weighted by atomic mass is 32.1. The molecule has 0 saturated heterocycles. The molecule has 1 amide bonds. The second kappa shape index (κ2) is 6.45. The van der Waals surface area contributed by atoms with Crippen molar-refractivity contribution in [2.45, 2.75) is 12.5 Å². The van der Waals surface area contributed by atoms with Crippen LogP contribution in [0.15, 0.2) is 47.2 Å². The third-order valence-electron chi connectivity index (χ3n) is 2.73. The molecule has 19 heavy (non-hydrogen) atoms.